The summed E-state index contributed by atoms with van der Waals surface area (Å²) < 4.78 is 53.8. The van der Waals surface area contributed by atoms with E-state index in [0.717, 1.165) is 12.1 Å². The van der Waals surface area contributed by atoms with E-state index in [9.17, 15) is 22.0 Å². The third-order valence-electron chi connectivity index (χ3n) is 4.27. The van der Waals surface area contributed by atoms with Crippen LogP contribution >= 0.6 is 0 Å². The fourth-order valence-corrected chi connectivity index (χ4v) is 4.17. The molecule has 0 bridgehead atoms. The Labute approximate surface area is 161 Å². The van der Waals surface area contributed by atoms with E-state index in [1.807, 2.05) is 0 Å². The lowest BCUT2D eigenvalue weighted by molar-refractivity contribution is -0.136. The molecule has 0 heterocycles. The highest BCUT2D eigenvalue weighted by atomic mass is 32.2. The van der Waals surface area contributed by atoms with Crippen molar-refractivity contribution in [1.29, 1.82) is 0 Å². The van der Waals surface area contributed by atoms with E-state index in [1.165, 1.54) is 36.4 Å². The van der Waals surface area contributed by atoms with E-state index < -0.39 is 27.4 Å². The second-order valence-corrected chi connectivity index (χ2v) is 8.10. The number of aryl methyl sites for hydroxylation is 1. The minimum Gasteiger partial charge on any atom is -0.481 e. The van der Waals surface area contributed by atoms with Gasteiger partial charge in [-0.2, -0.15) is 0 Å². The van der Waals surface area contributed by atoms with Gasteiger partial charge in [-0.05, 0) is 53.9 Å². The number of carbonyl (C=O) groups is 1. The lowest BCUT2D eigenvalue weighted by Gasteiger charge is -2.12. The minimum atomic E-state index is -3.89. The van der Waals surface area contributed by atoms with Gasteiger partial charge in [0.15, 0.2) is 0 Å². The summed E-state index contributed by atoms with van der Waals surface area (Å²) in [6, 6.07) is 14.7. The molecule has 0 spiro atoms. The van der Waals surface area contributed by atoms with Crippen molar-refractivity contribution in [1.82, 2.24) is 0 Å². The molecule has 0 aliphatic rings. The van der Waals surface area contributed by atoms with E-state index in [1.54, 1.807) is 18.2 Å². The molecule has 0 saturated heterocycles. The van der Waals surface area contributed by atoms with Crippen molar-refractivity contribution in [3.05, 3.63) is 83.9 Å². The lowest BCUT2D eigenvalue weighted by Crippen LogP contribution is -2.04. The smallest absolute Gasteiger partial charge is 0.303 e. The largest absolute Gasteiger partial charge is 0.481 e. The summed E-state index contributed by atoms with van der Waals surface area (Å²) in [7, 11) is -3.89. The van der Waals surface area contributed by atoms with Crippen LogP contribution in [0.5, 0.6) is 0 Å². The predicted molar refractivity (Wildman–Crippen MR) is 99.6 cm³/mol. The Bertz CT molecular complexity index is 1130. The Hall–Kier alpha value is -3.06. The molecule has 0 aliphatic carbocycles. The van der Waals surface area contributed by atoms with Crippen LogP contribution in [0.4, 0.5) is 8.78 Å². The Morgan fingerprint density at radius 2 is 1.57 bits per heavy atom. The number of benzene rings is 3. The maximum Gasteiger partial charge on any atom is 0.303 e. The first-order chi connectivity index (χ1) is 13.3. The molecule has 0 fully saturated rings. The second kappa shape index (κ2) is 7.90. The van der Waals surface area contributed by atoms with Gasteiger partial charge in [0.2, 0.25) is 9.84 Å². The van der Waals surface area contributed by atoms with Crippen LogP contribution in [0, 0.1) is 11.6 Å². The van der Waals surface area contributed by atoms with Crippen molar-refractivity contribution >= 4 is 15.8 Å². The average Bonchev–Trinajstić information content (AvgIpc) is 2.67. The Morgan fingerprint density at radius 3 is 2.21 bits per heavy atom. The van der Waals surface area contributed by atoms with Crippen molar-refractivity contribution in [2.75, 3.05) is 0 Å². The van der Waals surface area contributed by atoms with E-state index in [0.29, 0.717) is 5.56 Å². The summed E-state index contributed by atoms with van der Waals surface area (Å²) in [5.74, 6) is -2.46. The fourth-order valence-electron chi connectivity index (χ4n) is 2.88. The molecule has 0 saturated carbocycles. The first kappa shape index (κ1) is 19.7. The van der Waals surface area contributed by atoms with Gasteiger partial charge in [0.25, 0.3) is 0 Å². The maximum absolute atomic E-state index is 14.8. The minimum absolute atomic E-state index is 0.00639. The van der Waals surface area contributed by atoms with Crippen LogP contribution < -0.4 is 0 Å². The highest BCUT2D eigenvalue weighted by Crippen LogP contribution is 2.31. The van der Waals surface area contributed by atoms with Crippen LogP contribution in [0.1, 0.15) is 12.0 Å². The molecule has 0 aliphatic heterocycles. The zero-order valence-corrected chi connectivity index (χ0v) is 15.4. The van der Waals surface area contributed by atoms with Gasteiger partial charge in [0, 0.05) is 12.0 Å². The molecule has 1 N–H and O–H groups in total. The van der Waals surface area contributed by atoms with Gasteiger partial charge in [-0.25, -0.2) is 17.2 Å². The number of carboxylic acids is 1. The van der Waals surface area contributed by atoms with Gasteiger partial charge >= 0.3 is 5.97 Å². The summed E-state index contributed by atoms with van der Waals surface area (Å²) in [5.41, 5.74) is 0.663. The molecule has 0 aromatic heterocycles. The van der Waals surface area contributed by atoms with E-state index in [2.05, 4.69) is 0 Å². The summed E-state index contributed by atoms with van der Waals surface area (Å²) in [5, 5.41) is 8.86. The first-order valence-corrected chi connectivity index (χ1v) is 9.87. The normalized spacial score (nSPS) is 11.4. The van der Waals surface area contributed by atoms with Crippen LogP contribution in [-0.4, -0.2) is 19.5 Å². The Kier molecular flexibility index (Phi) is 5.56. The van der Waals surface area contributed by atoms with E-state index >= 15 is 0 Å². The number of hydrogen-bond donors (Lipinski definition) is 1. The molecule has 28 heavy (non-hydrogen) atoms. The summed E-state index contributed by atoms with van der Waals surface area (Å²) in [6.07, 6.45) is -0.102. The van der Waals surface area contributed by atoms with Gasteiger partial charge in [0.05, 0.1) is 9.79 Å². The van der Waals surface area contributed by atoms with Gasteiger partial charge in [-0.1, -0.05) is 30.3 Å². The molecule has 3 rings (SSSR count). The zero-order valence-electron chi connectivity index (χ0n) is 14.6. The first-order valence-electron chi connectivity index (χ1n) is 8.39. The number of halogens is 2. The third kappa shape index (κ3) is 4.09. The number of hydrogen-bond acceptors (Lipinski definition) is 3. The van der Waals surface area contributed by atoms with Crippen LogP contribution in [0.2, 0.25) is 0 Å². The van der Waals surface area contributed by atoms with Crippen LogP contribution in [0.15, 0.2) is 76.5 Å². The third-order valence-corrected chi connectivity index (χ3v) is 6.04. The molecular weight excluding hydrogens is 386 g/mol. The lowest BCUT2D eigenvalue weighted by atomic mass is 9.96. The zero-order chi connectivity index (χ0) is 20.3. The fraction of sp³-hybridized carbons (Fsp3) is 0.0952. The summed E-state index contributed by atoms with van der Waals surface area (Å²) in [4.78, 5) is 10.6. The molecule has 0 unspecified atom stereocenters. The van der Waals surface area contributed by atoms with Crippen LogP contribution in [0.3, 0.4) is 0 Å². The second-order valence-electron chi connectivity index (χ2n) is 6.15. The number of aliphatic carboxylic acids is 1. The van der Waals surface area contributed by atoms with Gasteiger partial charge in [-0.15, -0.1) is 0 Å². The SMILES string of the molecule is O=C(O)CCc1ccc(F)cc1-c1ccc(S(=O)(=O)c2ccccc2)cc1F. The highest BCUT2D eigenvalue weighted by Gasteiger charge is 2.20. The standard InChI is InChI=1S/C21H16F2O4S/c22-15-8-6-14(7-11-21(24)25)19(12-15)18-10-9-17(13-20(18)23)28(26,27)16-4-2-1-3-5-16/h1-6,8-10,12-13H,7,11H2,(H,24,25). The molecule has 7 heteroatoms. The molecule has 0 radical (unpaired) electrons. The molecular formula is C21H16F2O4S. The monoisotopic (exact) mass is 402 g/mol. The van der Waals surface area contributed by atoms with Gasteiger partial charge < -0.3 is 5.11 Å². The summed E-state index contributed by atoms with van der Waals surface area (Å²) >= 11 is 0. The molecule has 3 aromatic rings. The van der Waals surface area contributed by atoms with Crippen molar-refractivity contribution < 1.29 is 27.1 Å². The molecule has 3 aromatic carbocycles. The quantitative estimate of drug-likeness (QED) is 0.660. The Morgan fingerprint density at radius 1 is 0.857 bits per heavy atom. The van der Waals surface area contributed by atoms with Crippen LogP contribution in [0.25, 0.3) is 11.1 Å². The van der Waals surface area contributed by atoms with Gasteiger partial charge in [-0.3, -0.25) is 4.79 Å². The number of rotatable bonds is 6. The molecule has 0 amide bonds. The summed E-state index contributed by atoms with van der Waals surface area (Å²) in [6.45, 7) is 0. The average molecular weight is 402 g/mol. The highest BCUT2D eigenvalue weighted by molar-refractivity contribution is 7.91. The van der Waals surface area contributed by atoms with Crippen molar-refractivity contribution in [2.24, 2.45) is 0 Å². The van der Waals surface area contributed by atoms with Crippen molar-refractivity contribution in [2.45, 2.75) is 22.6 Å². The van der Waals surface area contributed by atoms with Crippen molar-refractivity contribution in [3.63, 3.8) is 0 Å². The van der Waals surface area contributed by atoms with Crippen molar-refractivity contribution in [3.8, 4) is 11.1 Å². The molecule has 0 atom stereocenters. The van der Waals surface area contributed by atoms with Gasteiger partial charge in [0.1, 0.15) is 11.6 Å². The maximum atomic E-state index is 14.8. The molecule has 4 nitrogen and oxygen atoms in total. The van der Waals surface area contributed by atoms with Crippen LogP contribution in [-0.2, 0) is 21.1 Å². The topological polar surface area (TPSA) is 71.4 Å². The Balaban J connectivity index is 2.04. The number of carboxylic acid groups (broad SMARTS) is 1. The van der Waals surface area contributed by atoms with E-state index in [4.69, 9.17) is 5.11 Å². The van der Waals surface area contributed by atoms with E-state index in [-0.39, 0.29) is 33.8 Å². The number of sulfone groups is 1. The molecule has 144 valence electrons. The predicted octanol–water partition coefficient (Wildman–Crippen LogP) is 4.48.